The molecular weight excluding hydrogens is 448 g/mol. The summed E-state index contributed by atoms with van der Waals surface area (Å²) in [7, 11) is -3.86. The van der Waals surface area contributed by atoms with Crippen molar-refractivity contribution in [3.63, 3.8) is 0 Å². The first-order valence-corrected chi connectivity index (χ1v) is 12.1. The van der Waals surface area contributed by atoms with Crippen molar-refractivity contribution in [1.82, 2.24) is 4.72 Å². The molecule has 10 heteroatoms. The molecule has 2 aromatic carbocycles. The van der Waals surface area contributed by atoms with Crippen molar-refractivity contribution in [2.45, 2.75) is 62.4 Å². The van der Waals surface area contributed by atoms with Crippen molar-refractivity contribution in [3.8, 4) is 0 Å². The van der Waals surface area contributed by atoms with Gasteiger partial charge in [-0.1, -0.05) is 48.0 Å². The number of hydrogen-bond acceptors (Lipinski definition) is 8. The number of hydrogen-bond donors (Lipinski definition) is 4. The van der Waals surface area contributed by atoms with Gasteiger partial charge in [-0.2, -0.15) is 0 Å². The normalized spacial score (nSPS) is 26.2. The van der Waals surface area contributed by atoms with Crippen LogP contribution >= 0.6 is 0 Å². The van der Waals surface area contributed by atoms with Gasteiger partial charge in [-0.25, -0.2) is 8.42 Å². The molecule has 1 fully saturated rings. The van der Waals surface area contributed by atoms with Gasteiger partial charge in [0.2, 0.25) is 0 Å². The number of rotatable bonds is 8. The summed E-state index contributed by atoms with van der Waals surface area (Å²) in [5.41, 5.74) is 1.84. The molecule has 0 bridgehead atoms. The lowest BCUT2D eigenvalue weighted by Gasteiger charge is -2.38. The van der Waals surface area contributed by atoms with E-state index in [4.69, 9.17) is 9.47 Å². The van der Waals surface area contributed by atoms with E-state index in [-0.39, 0.29) is 30.3 Å². The minimum Gasteiger partial charge on any atom is -0.388 e. The zero-order valence-corrected chi connectivity index (χ0v) is 19.4. The Morgan fingerprint density at radius 3 is 2.36 bits per heavy atom. The summed E-state index contributed by atoms with van der Waals surface area (Å²) in [6.07, 6.45) is -5.90. The van der Waals surface area contributed by atoms with Crippen LogP contribution in [0.15, 0.2) is 64.5 Å². The van der Waals surface area contributed by atoms with Crippen LogP contribution in [0.2, 0.25) is 0 Å². The van der Waals surface area contributed by atoms with Gasteiger partial charge in [0.15, 0.2) is 6.29 Å². The van der Waals surface area contributed by atoms with Crippen LogP contribution in [0.4, 0.5) is 0 Å². The Balaban J connectivity index is 1.70. The predicted octanol–water partition coefficient (Wildman–Crippen LogP) is 1.11. The summed E-state index contributed by atoms with van der Waals surface area (Å²) >= 11 is 0. The molecule has 33 heavy (non-hydrogen) atoms. The fraction of sp³-hybridized carbons (Fsp3) is 0.435. The minimum absolute atomic E-state index is 0.0404. The summed E-state index contributed by atoms with van der Waals surface area (Å²) in [4.78, 5) is 4.53. The summed E-state index contributed by atoms with van der Waals surface area (Å²) in [6.45, 7) is 3.64. The van der Waals surface area contributed by atoms with Gasteiger partial charge in [0.25, 0.3) is 10.0 Å². The Labute approximate surface area is 193 Å². The van der Waals surface area contributed by atoms with Crippen LogP contribution in [0.3, 0.4) is 0 Å². The Morgan fingerprint density at radius 1 is 1.03 bits per heavy atom. The smallest absolute Gasteiger partial charge is 0.262 e. The van der Waals surface area contributed by atoms with Crippen LogP contribution < -0.4 is 4.72 Å². The molecule has 0 unspecified atom stereocenters. The van der Waals surface area contributed by atoms with E-state index in [1.807, 2.05) is 37.3 Å². The lowest BCUT2D eigenvalue weighted by Crippen LogP contribution is -2.57. The van der Waals surface area contributed by atoms with E-state index in [9.17, 15) is 23.7 Å². The van der Waals surface area contributed by atoms with Gasteiger partial charge in [-0.15, -0.1) is 0 Å². The summed E-state index contributed by atoms with van der Waals surface area (Å²) in [5.74, 6) is 0.179. The van der Waals surface area contributed by atoms with Crippen molar-refractivity contribution in [2.75, 3.05) is 6.61 Å². The summed E-state index contributed by atoms with van der Waals surface area (Å²) < 4.78 is 39.2. The number of benzene rings is 2. The zero-order chi connectivity index (χ0) is 24.0. The molecule has 1 heterocycles. The number of amidine groups is 1. The number of ether oxygens (including phenoxy) is 2. The first kappa shape index (κ1) is 25.3. The van der Waals surface area contributed by atoms with Gasteiger partial charge in [-0.05, 0) is 31.5 Å². The molecule has 1 saturated heterocycles. The number of aliphatic hydroxyl groups excluding tert-OH is 3. The van der Waals surface area contributed by atoms with E-state index in [2.05, 4.69) is 9.71 Å². The fourth-order valence-electron chi connectivity index (χ4n) is 3.29. The molecule has 0 saturated carbocycles. The SMILES string of the molecule is Cc1ccc(S(=O)(=O)NC(CCO[C@@H]2O[C@@H](C)[C@H](O)[C@@H](O)[C@H]2O)=NCc2ccccc2)cc1. The second-order valence-corrected chi connectivity index (χ2v) is 9.65. The third kappa shape index (κ3) is 6.83. The number of sulfonamides is 1. The minimum atomic E-state index is -3.86. The number of aryl methyl sites for hydroxylation is 1. The Kier molecular flexibility index (Phi) is 8.57. The van der Waals surface area contributed by atoms with Crippen LogP contribution in [0.1, 0.15) is 24.5 Å². The summed E-state index contributed by atoms with van der Waals surface area (Å²) in [6, 6.07) is 15.8. The Morgan fingerprint density at radius 2 is 1.70 bits per heavy atom. The maximum Gasteiger partial charge on any atom is 0.262 e. The van der Waals surface area contributed by atoms with Crippen LogP contribution in [-0.4, -0.2) is 66.9 Å². The van der Waals surface area contributed by atoms with E-state index in [0.29, 0.717) is 0 Å². The molecule has 5 atom stereocenters. The largest absolute Gasteiger partial charge is 0.388 e. The van der Waals surface area contributed by atoms with Gasteiger partial charge < -0.3 is 24.8 Å². The molecule has 1 aliphatic heterocycles. The summed E-state index contributed by atoms with van der Waals surface area (Å²) in [5, 5.41) is 29.8. The van der Waals surface area contributed by atoms with Gasteiger partial charge in [0, 0.05) is 6.42 Å². The molecule has 9 nitrogen and oxygen atoms in total. The average Bonchev–Trinajstić information content (AvgIpc) is 2.80. The number of nitrogens with one attached hydrogen (secondary N) is 1. The van der Waals surface area contributed by atoms with Crippen molar-refractivity contribution in [1.29, 1.82) is 0 Å². The topological polar surface area (TPSA) is 138 Å². The quantitative estimate of drug-likeness (QED) is 0.329. The standard InChI is InChI=1S/C23H30N2O7S/c1-15-8-10-18(11-9-15)33(29,30)25-19(24-14-17-6-4-3-5-7-17)12-13-31-23-22(28)21(27)20(26)16(2)32-23/h3-11,16,20-23,26-28H,12-14H2,1-2H3,(H,24,25)/t16-,20-,21+,22+,23+/m0/s1. The highest BCUT2D eigenvalue weighted by Gasteiger charge is 2.42. The van der Waals surface area contributed by atoms with Crippen molar-refractivity contribution >= 4 is 15.9 Å². The molecule has 1 aliphatic rings. The zero-order valence-electron chi connectivity index (χ0n) is 18.5. The molecule has 0 radical (unpaired) electrons. The fourth-order valence-corrected chi connectivity index (χ4v) is 4.38. The highest BCUT2D eigenvalue weighted by molar-refractivity contribution is 7.90. The molecule has 0 spiro atoms. The second-order valence-electron chi connectivity index (χ2n) is 7.97. The molecule has 180 valence electrons. The third-order valence-electron chi connectivity index (χ3n) is 5.31. The third-order valence-corrected chi connectivity index (χ3v) is 6.71. The molecule has 0 amide bonds. The van der Waals surface area contributed by atoms with Gasteiger partial charge >= 0.3 is 0 Å². The predicted molar refractivity (Wildman–Crippen MR) is 122 cm³/mol. The Bertz CT molecular complexity index is 1030. The second kappa shape index (κ2) is 11.2. The van der Waals surface area contributed by atoms with Gasteiger partial charge in [0.05, 0.1) is 24.2 Å². The molecule has 0 aromatic heterocycles. The highest BCUT2D eigenvalue weighted by Crippen LogP contribution is 2.22. The molecule has 2 aromatic rings. The highest BCUT2D eigenvalue weighted by atomic mass is 32.2. The first-order chi connectivity index (χ1) is 15.7. The maximum absolute atomic E-state index is 12.8. The first-order valence-electron chi connectivity index (χ1n) is 10.7. The van der Waals surface area contributed by atoms with Crippen LogP contribution in [-0.2, 0) is 26.0 Å². The molecule has 3 rings (SSSR count). The van der Waals surface area contributed by atoms with E-state index < -0.39 is 40.7 Å². The van der Waals surface area contributed by atoms with Crippen LogP contribution in [0.25, 0.3) is 0 Å². The monoisotopic (exact) mass is 478 g/mol. The maximum atomic E-state index is 12.8. The van der Waals surface area contributed by atoms with E-state index in [1.54, 1.807) is 19.1 Å². The van der Waals surface area contributed by atoms with E-state index in [1.165, 1.54) is 12.1 Å². The van der Waals surface area contributed by atoms with Crippen LogP contribution in [0.5, 0.6) is 0 Å². The van der Waals surface area contributed by atoms with Crippen molar-refractivity contribution in [2.24, 2.45) is 4.99 Å². The van der Waals surface area contributed by atoms with E-state index in [0.717, 1.165) is 11.1 Å². The van der Waals surface area contributed by atoms with Gasteiger partial charge in [0.1, 0.15) is 24.1 Å². The lowest BCUT2D eigenvalue weighted by molar-refractivity contribution is -0.292. The number of aliphatic hydroxyl groups is 3. The number of aliphatic imine (C=N–C) groups is 1. The van der Waals surface area contributed by atoms with Gasteiger partial charge in [-0.3, -0.25) is 9.71 Å². The molecular formula is C23H30N2O7S. The average molecular weight is 479 g/mol. The lowest BCUT2D eigenvalue weighted by atomic mass is 10.0. The van der Waals surface area contributed by atoms with E-state index >= 15 is 0 Å². The van der Waals surface area contributed by atoms with Crippen molar-refractivity contribution in [3.05, 3.63) is 65.7 Å². The van der Waals surface area contributed by atoms with Crippen LogP contribution in [0, 0.1) is 6.92 Å². The van der Waals surface area contributed by atoms with Crippen molar-refractivity contribution < 1.29 is 33.2 Å². The molecule has 4 N–H and O–H groups in total. The molecule has 0 aliphatic carbocycles. The Hall–Kier alpha value is -2.34. The number of nitrogens with zero attached hydrogens (tertiary/aromatic N) is 1.